The minimum Gasteiger partial charge on any atom is -0.488 e. The number of esters is 1. The van der Waals surface area contributed by atoms with Crippen LogP contribution in [-0.4, -0.2) is 25.0 Å². The SMILES string of the molecule is CCOC(=O)Cc1ccc2c(c1)OCC(=Cc1ccc(F)cc1)C2=O. The Morgan fingerprint density at radius 1 is 1.24 bits per heavy atom. The molecule has 0 aromatic heterocycles. The number of carbonyl (C=O) groups excluding carboxylic acids is 2. The van der Waals surface area contributed by atoms with Crippen LogP contribution in [0.3, 0.4) is 0 Å². The predicted molar refractivity (Wildman–Crippen MR) is 91.0 cm³/mol. The number of hydrogen-bond donors (Lipinski definition) is 0. The molecule has 4 nitrogen and oxygen atoms in total. The first-order chi connectivity index (χ1) is 12.1. The van der Waals surface area contributed by atoms with Crippen LogP contribution in [0.2, 0.25) is 0 Å². The molecule has 1 heterocycles. The number of rotatable bonds is 4. The van der Waals surface area contributed by atoms with E-state index in [0.717, 1.165) is 11.1 Å². The van der Waals surface area contributed by atoms with Gasteiger partial charge in [0.25, 0.3) is 0 Å². The molecule has 2 aromatic carbocycles. The molecule has 1 aliphatic rings. The summed E-state index contributed by atoms with van der Waals surface area (Å²) in [5.74, 6) is -0.314. The van der Waals surface area contributed by atoms with Crippen LogP contribution in [0.4, 0.5) is 4.39 Å². The van der Waals surface area contributed by atoms with Gasteiger partial charge in [-0.3, -0.25) is 9.59 Å². The van der Waals surface area contributed by atoms with Crippen molar-refractivity contribution in [2.45, 2.75) is 13.3 Å². The van der Waals surface area contributed by atoms with E-state index in [4.69, 9.17) is 9.47 Å². The topological polar surface area (TPSA) is 52.6 Å². The minimum atomic E-state index is -0.326. The smallest absolute Gasteiger partial charge is 0.310 e. The zero-order chi connectivity index (χ0) is 17.8. The van der Waals surface area contributed by atoms with Crippen molar-refractivity contribution in [1.82, 2.24) is 0 Å². The van der Waals surface area contributed by atoms with Crippen LogP contribution in [-0.2, 0) is 16.0 Å². The fraction of sp³-hybridized carbons (Fsp3) is 0.200. The fourth-order valence-corrected chi connectivity index (χ4v) is 2.62. The Morgan fingerprint density at radius 3 is 2.72 bits per heavy atom. The van der Waals surface area contributed by atoms with Crippen LogP contribution in [0.1, 0.15) is 28.4 Å². The molecule has 2 aromatic rings. The van der Waals surface area contributed by atoms with Crippen molar-refractivity contribution in [1.29, 1.82) is 0 Å². The molecule has 0 N–H and O–H groups in total. The Hall–Kier alpha value is -2.95. The standard InChI is InChI=1S/C20H17FO4/c1-2-24-19(22)11-14-5-8-17-18(10-14)25-12-15(20(17)23)9-13-3-6-16(21)7-4-13/h3-10H,2,11-12H2,1H3. The van der Waals surface area contributed by atoms with E-state index in [2.05, 4.69) is 0 Å². The number of halogens is 1. The molecule has 0 saturated carbocycles. The number of hydrogen-bond acceptors (Lipinski definition) is 4. The second kappa shape index (κ2) is 7.30. The summed E-state index contributed by atoms with van der Waals surface area (Å²) in [6.07, 6.45) is 1.83. The summed E-state index contributed by atoms with van der Waals surface area (Å²) in [5, 5.41) is 0. The Kier molecular flexibility index (Phi) is 4.93. The van der Waals surface area contributed by atoms with E-state index in [0.29, 0.717) is 23.5 Å². The number of fused-ring (bicyclic) bond motifs is 1. The molecule has 1 aliphatic heterocycles. The van der Waals surface area contributed by atoms with Gasteiger partial charge in [0.15, 0.2) is 5.78 Å². The van der Waals surface area contributed by atoms with Gasteiger partial charge in [-0.15, -0.1) is 0 Å². The Morgan fingerprint density at radius 2 is 2.00 bits per heavy atom. The largest absolute Gasteiger partial charge is 0.488 e. The van der Waals surface area contributed by atoms with Crippen LogP contribution in [0.25, 0.3) is 6.08 Å². The molecule has 0 radical (unpaired) electrons. The fourth-order valence-electron chi connectivity index (χ4n) is 2.62. The highest BCUT2D eigenvalue weighted by atomic mass is 19.1. The lowest BCUT2D eigenvalue weighted by molar-refractivity contribution is -0.142. The van der Waals surface area contributed by atoms with Crippen molar-refractivity contribution in [2.24, 2.45) is 0 Å². The van der Waals surface area contributed by atoms with Crippen molar-refractivity contribution < 1.29 is 23.5 Å². The molecular weight excluding hydrogens is 323 g/mol. The molecule has 0 amide bonds. The molecule has 3 rings (SSSR count). The van der Waals surface area contributed by atoms with Gasteiger partial charge in [0.1, 0.15) is 18.2 Å². The maximum absolute atomic E-state index is 13.0. The van der Waals surface area contributed by atoms with Crippen LogP contribution in [0.5, 0.6) is 5.75 Å². The zero-order valence-corrected chi connectivity index (χ0v) is 13.8. The molecular formula is C20H17FO4. The highest BCUT2D eigenvalue weighted by Crippen LogP contribution is 2.29. The van der Waals surface area contributed by atoms with Crippen molar-refractivity contribution in [3.8, 4) is 5.75 Å². The van der Waals surface area contributed by atoms with Crippen LogP contribution in [0, 0.1) is 5.82 Å². The first kappa shape index (κ1) is 16.9. The lowest BCUT2D eigenvalue weighted by Crippen LogP contribution is -2.19. The summed E-state index contributed by atoms with van der Waals surface area (Å²) < 4.78 is 23.6. The van der Waals surface area contributed by atoms with E-state index >= 15 is 0 Å². The van der Waals surface area contributed by atoms with E-state index in [1.807, 2.05) is 0 Å². The zero-order valence-electron chi connectivity index (χ0n) is 13.8. The third kappa shape index (κ3) is 3.94. The van der Waals surface area contributed by atoms with Crippen molar-refractivity contribution in [2.75, 3.05) is 13.2 Å². The summed E-state index contributed by atoms with van der Waals surface area (Å²) in [4.78, 5) is 24.2. The first-order valence-corrected chi connectivity index (χ1v) is 7.99. The van der Waals surface area contributed by atoms with Gasteiger partial charge in [-0.2, -0.15) is 0 Å². The predicted octanol–water partition coefficient (Wildman–Crippen LogP) is 3.59. The molecule has 0 unspecified atom stereocenters. The second-order valence-corrected chi connectivity index (χ2v) is 5.65. The lowest BCUT2D eigenvalue weighted by Gasteiger charge is -2.19. The highest BCUT2D eigenvalue weighted by Gasteiger charge is 2.23. The van der Waals surface area contributed by atoms with Gasteiger partial charge in [0.2, 0.25) is 0 Å². The molecule has 0 spiro atoms. The van der Waals surface area contributed by atoms with Crippen molar-refractivity contribution in [3.63, 3.8) is 0 Å². The molecule has 0 bridgehead atoms. The van der Waals surface area contributed by atoms with Gasteiger partial charge < -0.3 is 9.47 Å². The summed E-state index contributed by atoms with van der Waals surface area (Å²) in [6.45, 7) is 2.21. The molecule has 5 heteroatoms. The minimum absolute atomic E-state index is 0.131. The van der Waals surface area contributed by atoms with Crippen LogP contribution >= 0.6 is 0 Å². The molecule has 0 fully saturated rings. The normalized spacial score (nSPS) is 14.8. The maximum atomic E-state index is 13.0. The number of ketones is 1. The van der Waals surface area contributed by atoms with Gasteiger partial charge in [-0.1, -0.05) is 18.2 Å². The van der Waals surface area contributed by atoms with E-state index in [9.17, 15) is 14.0 Å². The second-order valence-electron chi connectivity index (χ2n) is 5.65. The number of benzene rings is 2. The summed E-state index contributed by atoms with van der Waals surface area (Å²) in [7, 11) is 0. The monoisotopic (exact) mass is 340 g/mol. The Labute approximate surface area is 144 Å². The molecule has 0 saturated heterocycles. The van der Waals surface area contributed by atoms with Crippen molar-refractivity contribution in [3.05, 3.63) is 70.5 Å². The summed E-state index contributed by atoms with van der Waals surface area (Å²) in [6, 6.07) is 11.0. The quantitative estimate of drug-likeness (QED) is 0.630. The van der Waals surface area contributed by atoms with Gasteiger partial charge in [-0.25, -0.2) is 4.39 Å². The van der Waals surface area contributed by atoms with Crippen LogP contribution in [0.15, 0.2) is 48.0 Å². The van der Waals surface area contributed by atoms with Gasteiger partial charge in [0.05, 0.1) is 18.6 Å². The Balaban J connectivity index is 1.81. The van der Waals surface area contributed by atoms with E-state index in [-0.39, 0.29) is 30.6 Å². The highest BCUT2D eigenvalue weighted by molar-refractivity contribution is 6.14. The number of carbonyl (C=O) groups is 2. The third-order valence-electron chi connectivity index (χ3n) is 3.83. The molecule has 128 valence electrons. The molecule has 0 atom stereocenters. The average molecular weight is 340 g/mol. The third-order valence-corrected chi connectivity index (χ3v) is 3.83. The van der Waals surface area contributed by atoms with Gasteiger partial charge >= 0.3 is 5.97 Å². The van der Waals surface area contributed by atoms with Crippen LogP contribution < -0.4 is 4.74 Å². The average Bonchev–Trinajstić information content (AvgIpc) is 2.59. The lowest BCUT2D eigenvalue weighted by atomic mass is 9.96. The maximum Gasteiger partial charge on any atom is 0.310 e. The Bertz CT molecular complexity index is 837. The van der Waals surface area contributed by atoms with Crippen molar-refractivity contribution >= 4 is 17.8 Å². The van der Waals surface area contributed by atoms with Gasteiger partial charge in [-0.05, 0) is 48.4 Å². The van der Waals surface area contributed by atoms with E-state index < -0.39 is 0 Å². The summed E-state index contributed by atoms with van der Waals surface area (Å²) in [5.41, 5.74) is 2.41. The molecule has 25 heavy (non-hydrogen) atoms. The number of Topliss-reactive ketones (excluding diaryl/α,β-unsaturated/α-hetero) is 1. The first-order valence-electron chi connectivity index (χ1n) is 7.99. The molecule has 0 aliphatic carbocycles. The summed E-state index contributed by atoms with van der Waals surface area (Å²) >= 11 is 0. The number of ether oxygens (including phenoxy) is 2. The van der Waals surface area contributed by atoms with Gasteiger partial charge in [0, 0.05) is 5.57 Å². The van der Waals surface area contributed by atoms with E-state index in [1.54, 1.807) is 43.3 Å². The van der Waals surface area contributed by atoms with E-state index in [1.165, 1.54) is 12.1 Å².